The molecule has 2 aromatic heterocycles. The maximum atomic E-state index is 13.6. The smallest absolute Gasteiger partial charge is 0.357 e. The van der Waals surface area contributed by atoms with Gasteiger partial charge in [0.1, 0.15) is 36.4 Å². The van der Waals surface area contributed by atoms with Crippen molar-refractivity contribution in [2.24, 2.45) is 0 Å². The fourth-order valence-electron chi connectivity index (χ4n) is 7.61. The Kier molecular flexibility index (Phi) is 22.0. The van der Waals surface area contributed by atoms with E-state index in [9.17, 15) is 36.4 Å². The summed E-state index contributed by atoms with van der Waals surface area (Å²) in [5.41, 5.74) is 2.84. The molecule has 2 N–H and O–H groups in total. The highest BCUT2D eigenvalue weighted by Gasteiger charge is 2.51. The van der Waals surface area contributed by atoms with Gasteiger partial charge in [0.15, 0.2) is 0 Å². The molecule has 0 spiro atoms. The molecule has 5 aromatic carbocycles. The lowest BCUT2D eigenvalue weighted by Crippen LogP contribution is -2.38. The highest BCUT2D eigenvalue weighted by atomic mass is 35.7. The molecule has 434 valence electrons. The Morgan fingerprint density at radius 2 is 1.15 bits per heavy atom. The Morgan fingerprint density at radius 3 is 1.54 bits per heavy atom. The van der Waals surface area contributed by atoms with Gasteiger partial charge in [-0.2, -0.15) is 4.42 Å². The van der Waals surface area contributed by atoms with Crippen LogP contribution in [0.2, 0.25) is 61.4 Å². The maximum absolute atomic E-state index is 13.6. The van der Waals surface area contributed by atoms with Gasteiger partial charge in [0.05, 0.1) is 44.2 Å². The summed E-state index contributed by atoms with van der Waals surface area (Å²) in [5, 5.41) is 6.62. The van der Waals surface area contributed by atoms with E-state index >= 15 is 0 Å². The Labute approximate surface area is 500 Å². The van der Waals surface area contributed by atoms with E-state index in [1.165, 1.54) is 56.3 Å². The summed E-state index contributed by atoms with van der Waals surface area (Å²) < 4.78 is 73.1. The number of benzene rings is 5. The van der Waals surface area contributed by atoms with Gasteiger partial charge in [0.25, 0.3) is 26.8 Å². The number of thioether (sulfide) groups is 1. The lowest BCUT2D eigenvalue weighted by atomic mass is 10.1. The van der Waals surface area contributed by atoms with Crippen molar-refractivity contribution in [1.29, 1.82) is 0 Å². The molecule has 3 heterocycles. The van der Waals surface area contributed by atoms with Crippen LogP contribution >= 0.6 is 69.2 Å². The SMILES string of the molecule is CC1(C)C(=O)N(Cl)C(=O)N1Cl.COc1ccc(CSc2cc(C(=O)Nc3ccc(F)c(Cl)c3)c3ccn(COCC[Si](C)(C)C)c3c2)cc1.C[Si](C)(C)CCOCn1ccc2c(C(=O)Nc3ccc(F)c(Cl)c3)cc(S(=O)(=O)Cl)cc21. The Bertz CT molecular complexity index is 3560. The fourth-order valence-corrected chi connectivity index (χ4v) is 11.7. The molecule has 1 saturated heterocycles. The van der Waals surface area contributed by atoms with Crippen LogP contribution in [0.25, 0.3) is 21.8 Å². The molecule has 1 aliphatic heterocycles. The molecule has 0 saturated carbocycles. The van der Waals surface area contributed by atoms with E-state index in [0.717, 1.165) is 55.4 Å². The van der Waals surface area contributed by atoms with Crippen LogP contribution in [-0.2, 0) is 42.5 Å². The van der Waals surface area contributed by atoms with Gasteiger partial charge in [-0.15, -0.1) is 11.8 Å². The van der Waals surface area contributed by atoms with Crippen LogP contribution in [0.15, 0.2) is 119 Å². The first-order chi connectivity index (χ1) is 37.9. The number of anilines is 2. The van der Waals surface area contributed by atoms with Crippen molar-refractivity contribution in [3.05, 3.63) is 148 Å². The standard InChI is InChI=1S/C29H32ClFN2O3SSi.C21H23Cl2FN2O4SSi.C5H6Cl2N2O2/c1-35-22-8-5-20(6-9-22)18-37-23-16-25(29(34)32-21-7-10-27(31)26(30)15-21)24-11-12-33(28(24)17-23)19-36-13-14-38(2,3)4;1-32(2,3)9-8-30-13-26-7-6-16-17(11-15(12-20(16)26)31(23,28)29)21(27)25-14-4-5-19(24)18(22)10-14;1-5(2)3(10)8(6)4(11)9(5)7/h5-12,15-17H,13-14,18-19H2,1-4H3,(H,32,34);4-7,10-12H,8-9,13H2,1-3H3,(H,25,27);1-2H3. The molecule has 0 atom stereocenters. The monoisotopic (exact) mass is 1280 g/mol. The minimum atomic E-state index is -4.10. The van der Waals surface area contributed by atoms with E-state index in [2.05, 4.69) is 56.0 Å². The minimum absolute atomic E-state index is 0.0432. The Hall–Kier alpha value is -5.18. The lowest BCUT2D eigenvalue weighted by molar-refractivity contribution is -0.127. The zero-order chi connectivity index (χ0) is 59.8. The van der Waals surface area contributed by atoms with Crippen molar-refractivity contribution < 1.29 is 50.6 Å². The van der Waals surface area contributed by atoms with E-state index in [-0.39, 0.29) is 38.8 Å². The van der Waals surface area contributed by atoms with E-state index in [0.29, 0.717) is 46.5 Å². The second-order valence-corrected chi connectivity index (χ2v) is 37.9. The summed E-state index contributed by atoms with van der Waals surface area (Å²) >= 11 is 24.1. The molecule has 15 nitrogen and oxygen atoms in total. The summed E-state index contributed by atoms with van der Waals surface area (Å²) in [4.78, 5) is 49.1. The summed E-state index contributed by atoms with van der Waals surface area (Å²) in [7, 11) is 0.679. The van der Waals surface area contributed by atoms with Crippen molar-refractivity contribution in [2.75, 3.05) is 31.0 Å². The number of imide groups is 1. The molecule has 81 heavy (non-hydrogen) atoms. The van der Waals surface area contributed by atoms with Crippen LogP contribution in [0.3, 0.4) is 0 Å². The van der Waals surface area contributed by atoms with Gasteiger partial charge in [-0.25, -0.2) is 26.4 Å². The van der Waals surface area contributed by atoms with Gasteiger partial charge in [0.2, 0.25) is 0 Å². The van der Waals surface area contributed by atoms with E-state index in [4.69, 9.17) is 71.6 Å². The van der Waals surface area contributed by atoms with Gasteiger partial charge in [-0.05, 0) is 116 Å². The number of methoxy groups -OCH3 is 1. The number of aromatic nitrogens is 2. The summed E-state index contributed by atoms with van der Waals surface area (Å²) in [6, 6.07) is 27.5. The van der Waals surface area contributed by atoms with Crippen LogP contribution in [-0.4, -0.2) is 92.2 Å². The Balaban J connectivity index is 0.000000222. The van der Waals surface area contributed by atoms with Gasteiger partial charge in [-0.1, -0.05) is 74.6 Å². The number of carbonyl (C=O) groups is 4. The third-order valence-electron chi connectivity index (χ3n) is 12.4. The van der Waals surface area contributed by atoms with Gasteiger partial charge >= 0.3 is 6.03 Å². The highest BCUT2D eigenvalue weighted by Crippen LogP contribution is 2.34. The van der Waals surface area contributed by atoms with Gasteiger partial charge in [-0.3, -0.25) is 14.4 Å². The number of urea groups is 1. The maximum Gasteiger partial charge on any atom is 0.357 e. The average molecular weight is 1290 g/mol. The fraction of sp³-hybridized carbons (Fsp3) is 0.309. The minimum Gasteiger partial charge on any atom is -0.497 e. The predicted octanol–water partition coefficient (Wildman–Crippen LogP) is 15.6. The number of rotatable bonds is 19. The van der Waals surface area contributed by atoms with Crippen LogP contribution < -0.4 is 15.4 Å². The molecule has 26 heteroatoms. The van der Waals surface area contributed by atoms with E-state index in [1.807, 2.05) is 47.2 Å². The third-order valence-corrected chi connectivity index (χ3v) is 19.6. The first-order valence-electron chi connectivity index (χ1n) is 25.0. The molecular formula is C55H61Cl5F2N6O9S2Si2. The van der Waals surface area contributed by atoms with Crippen LogP contribution in [0.5, 0.6) is 5.75 Å². The van der Waals surface area contributed by atoms with Gasteiger partial charge < -0.3 is 34.0 Å². The largest absolute Gasteiger partial charge is 0.497 e. The van der Waals surface area contributed by atoms with Crippen molar-refractivity contribution >= 4 is 151 Å². The quantitative estimate of drug-likeness (QED) is 0.0198. The molecule has 5 amide bonds. The number of carbonyl (C=O) groups excluding carboxylic acids is 4. The van der Waals surface area contributed by atoms with Crippen LogP contribution in [0.4, 0.5) is 25.0 Å². The molecule has 7 aromatic rings. The number of ether oxygens (including phenoxy) is 3. The second kappa shape index (κ2) is 27.5. The van der Waals surface area contributed by atoms with Crippen LogP contribution in [0.1, 0.15) is 40.1 Å². The topological polar surface area (TPSA) is 171 Å². The number of nitrogens with one attached hydrogen (secondary N) is 2. The lowest BCUT2D eigenvalue weighted by Gasteiger charge is -2.18. The second-order valence-electron chi connectivity index (χ2n) is 21.5. The van der Waals surface area contributed by atoms with Crippen molar-refractivity contribution in [3.8, 4) is 5.75 Å². The van der Waals surface area contributed by atoms with E-state index < -0.39 is 60.2 Å². The summed E-state index contributed by atoms with van der Waals surface area (Å²) in [5.74, 6) is -0.994. The number of halogens is 7. The number of amides is 5. The number of hydrogen-bond donors (Lipinski definition) is 2. The van der Waals surface area contributed by atoms with E-state index in [1.54, 1.807) is 35.7 Å². The molecule has 0 unspecified atom stereocenters. The highest BCUT2D eigenvalue weighted by molar-refractivity contribution is 8.13. The summed E-state index contributed by atoms with van der Waals surface area (Å²) in [6.07, 6.45) is 3.66. The van der Waals surface area contributed by atoms with Crippen molar-refractivity contribution in [3.63, 3.8) is 0 Å². The van der Waals surface area contributed by atoms with Crippen molar-refractivity contribution in [2.45, 2.75) is 99.8 Å². The number of hydrogen-bond acceptors (Lipinski definition) is 10. The normalized spacial score (nSPS) is 13.5. The number of nitrogens with zero attached hydrogens (tertiary/aromatic N) is 4. The van der Waals surface area contributed by atoms with Crippen molar-refractivity contribution in [1.82, 2.24) is 18.0 Å². The van der Waals surface area contributed by atoms with Gasteiger partial charge in [0, 0.05) is 109 Å². The zero-order valence-electron chi connectivity index (χ0n) is 45.8. The first-order valence-corrected chi connectivity index (χ1v) is 37.2. The molecule has 1 fully saturated rings. The first kappa shape index (κ1) is 65.0. The molecule has 1 aliphatic rings. The predicted molar refractivity (Wildman–Crippen MR) is 326 cm³/mol. The average Bonchev–Trinajstić information content (AvgIpc) is 4.10. The zero-order valence-corrected chi connectivity index (χ0v) is 53.2. The summed E-state index contributed by atoms with van der Waals surface area (Å²) in [6.45, 7) is 18.7. The molecule has 0 aliphatic carbocycles. The molecule has 0 radical (unpaired) electrons. The molecule has 0 bridgehead atoms. The molecule has 8 rings (SSSR count). The molecular weight excluding hydrogens is 1220 g/mol. The third kappa shape index (κ3) is 17.7. The Morgan fingerprint density at radius 1 is 0.679 bits per heavy atom. The van der Waals surface area contributed by atoms with Crippen LogP contribution in [0, 0.1) is 11.6 Å². The number of fused-ring (bicyclic) bond motifs is 2.